The molecule has 1 saturated heterocycles. The minimum Gasteiger partial charge on any atom is -0.469 e. The monoisotopic (exact) mass is 370 g/mol. The third-order valence-electron chi connectivity index (χ3n) is 3.88. The molecule has 7 nitrogen and oxygen atoms in total. The molecule has 1 amide bonds. The van der Waals surface area contributed by atoms with Gasteiger partial charge in [-0.25, -0.2) is 9.78 Å². The molecule has 0 spiro atoms. The molecule has 140 valence electrons. The van der Waals surface area contributed by atoms with Gasteiger partial charge in [-0.3, -0.25) is 9.69 Å². The molecule has 8 heteroatoms. The van der Waals surface area contributed by atoms with Crippen molar-refractivity contribution in [2.24, 2.45) is 0 Å². The van der Waals surface area contributed by atoms with E-state index in [1.165, 1.54) is 18.4 Å². The van der Waals surface area contributed by atoms with Crippen LogP contribution in [-0.4, -0.2) is 54.4 Å². The van der Waals surface area contributed by atoms with Gasteiger partial charge in [0.25, 0.3) is 0 Å². The summed E-state index contributed by atoms with van der Waals surface area (Å²) in [6.45, 7) is 6.02. The standard InChI is InChI=1S/C17H26N2O5S/c1-17(2,3)24-16(21)19-10-11(22-4)8-13(19)15-18-9-12(25-15)6-7-14(20)23-5/h9,11,13H,6-8,10H2,1-5H3/t11-,13+/m1/s1. The molecule has 1 fully saturated rings. The number of methoxy groups -OCH3 is 2. The van der Waals surface area contributed by atoms with Crippen LogP contribution in [0, 0.1) is 0 Å². The van der Waals surface area contributed by atoms with Gasteiger partial charge >= 0.3 is 12.1 Å². The van der Waals surface area contributed by atoms with E-state index in [0.29, 0.717) is 25.8 Å². The van der Waals surface area contributed by atoms with Gasteiger partial charge in [0.15, 0.2) is 0 Å². The molecule has 0 bridgehead atoms. The van der Waals surface area contributed by atoms with Crippen LogP contribution in [0.5, 0.6) is 0 Å². The summed E-state index contributed by atoms with van der Waals surface area (Å²) in [5.74, 6) is -0.245. The summed E-state index contributed by atoms with van der Waals surface area (Å²) < 4.78 is 15.6. The molecule has 2 rings (SSSR count). The van der Waals surface area contributed by atoms with E-state index in [1.54, 1.807) is 18.2 Å². The number of esters is 1. The van der Waals surface area contributed by atoms with Crippen molar-refractivity contribution in [3.63, 3.8) is 0 Å². The van der Waals surface area contributed by atoms with Crippen LogP contribution in [0.15, 0.2) is 6.20 Å². The number of aryl methyl sites for hydroxylation is 1. The maximum atomic E-state index is 12.5. The zero-order valence-corrected chi connectivity index (χ0v) is 16.2. The van der Waals surface area contributed by atoms with Gasteiger partial charge in [-0.05, 0) is 27.2 Å². The van der Waals surface area contributed by atoms with Crippen molar-refractivity contribution in [1.29, 1.82) is 0 Å². The Morgan fingerprint density at radius 3 is 2.68 bits per heavy atom. The molecular weight excluding hydrogens is 344 g/mol. The van der Waals surface area contributed by atoms with E-state index >= 15 is 0 Å². The molecule has 0 aliphatic carbocycles. The van der Waals surface area contributed by atoms with Crippen LogP contribution in [0.25, 0.3) is 0 Å². The van der Waals surface area contributed by atoms with Crippen molar-refractivity contribution in [3.05, 3.63) is 16.1 Å². The number of likely N-dealkylation sites (tertiary alicyclic amines) is 1. The van der Waals surface area contributed by atoms with Crippen LogP contribution >= 0.6 is 11.3 Å². The number of amides is 1. The zero-order valence-electron chi connectivity index (χ0n) is 15.4. The van der Waals surface area contributed by atoms with Crippen LogP contribution in [0.2, 0.25) is 0 Å². The van der Waals surface area contributed by atoms with E-state index in [9.17, 15) is 9.59 Å². The summed E-state index contributed by atoms with van der Waals surface area (Å²) in [7, 11) is 3.02. The molecule has 0 aromatic carbocycles. The van der Waals surface area contributed by atoms with Crippen LogP contribution in [-0.2, 0) is 25.4 Å². The summed E-state index contributed by atoms with van der Waals surface area (Å²) in [5.41, 5.74) is -0.554. The van der Waals surface area contributed by atoms with Crippen LogP contribution < -0.4 is 0 Å². The maximum Gasteiger partial charge on any atom is 0.410 e. The SMILES string of the molecule is COC(=O)CCc1cnc([C@@H]2C[C@@H](OC)CN2C(=O)OC(C)(C)C)s1. The topological polar surface area (TPSA) is 78.0 Å². The van der Waals surface area contributed by atoms with Crippen molar-refractivity contribution in [3.8, 4) is 0 Å². The number of carbonyl (C=O) groups is 2. The van der Waals surface area contributed by atoms with Crippen molar-refractivity contribution in [2.45, 2.75) is 57.8 Å². The molecule has 25 heavy (non-hydrogen) atoms. The summed E-state index contributed by atoms with van der Waals surface area (Å²) in [4.78, 5) is 30.9. The first-order valence-electron chi connectivity index (χ1n) is 8.27. The first-order chi connectivity index (χ1) is 11.7. The summed E-state index contributed by atoms with van der Waals surface area (Å²) in [6, 6.07) is -0.170. The molecular formula is C17H26N2O5S. The third-order valence-corrected chi connectivity index (χ3v) is 5.04. The van der Waals surface area contributed by atoms with Crippen LogP contribution in [0.4, 0.5) is 4.79 Å². The highest BCUT2D eigenvalue weighted by Gasteiger charge is 2.40. The third kappa shape index (κ3) is 5.40. The van der Waals surface area contributed by atoms with E-state index < -0.39 is 5.60 Å². The lowest BCUT2D eigenvalue weighted by Crippen LogP contribution is -2.37. The molecule has 0 unspecified atom stereocenters. The fourth-order valence-corrected chi connectivity index (χ4v) is 3.69. The number of nitrogens with zero attached hydrogens (tertiary/aromatic N) is 2. The fourth-order valence-electron chi connectivity index (χ4n) is 2.64. The van der Waals surface area contributed by atoms with Gasteiger partial charge in [-0.1, -0.05) is 0 Å². The number of hydrogen-bond acceptors (Lipinski definition) is 7. The van der Waals surface area contributed by atoms with Crippen molar-refractivity contribution >= 4 is 23.4 Å². The molecule has 1 aliphatic rings. The lowest BCUT2D eigenvalue weighted by molar-refractivity contribution is -0.140. The Morgan fingerprint density at radius 2 is 2.08 bits per heavy atom. The molecule has 1 aromatic rings. The second-order valence-electron chi connectivity index (χ2n) is 6.98. The number of carbonyl (C=O) groups excluding carboxylic acids is 2. The van der Waals surface area contributed by atoms with Gasteiger partial charge in [-0.15, -0.1) is 11.3 Å². The van der Waals surface area contributed by atoms with Gasteiger partial charge in [-0.2, -0.15) is 0 Å². The Hall–Kier alpha value is -1.67. The number of thiazole rings is 1. The summed E-state index contributed by atoms with van der Waals surface area (Å²) >= 11 is 1.51. The molecule has 0 radical (unpaired) electrons. The lowest BCUT2D eigenvalue weighted by atomic mass is 10.2. The summed E-state index contributed by atoms with van der Waals surface area (Å²) in [5, 5.41) is 0.838. The zero-order chi connectivity index (χ0) is 18.6. The average molecular weight is 370 g/mol. The maximum absolute atomic E-state index is 12.5. The molecule has 0 N–H and O–H groups in total. The molecule has 0 saturated carbocycles. The minimum absolute atomic E-state index is 0.0417. The Kier molecular flexibility index (Phi) is 6.40. The fraction of sp³-hybridized carbons (Fsp3) is 0.706. The minimum atomic E-state index is -0.554. The second kappa shape index (κ2) is 8.14. The van der Waals surface area contributed by atoms with Gasteiger partial charge in [0.2, 0.25) is 0 Å². The van der Waals surface area contributed by atoms with E-state index in [0.717, 1.165) is 9.88 Å². The van der Waals surface area contributed by atoms with Crippen molar-refractivity contribution < 1.29 is 23.8 Å². The van der Waals surface area contributed by atoms with Gasteiger partial charge in [0, 0.05) is 24.6 Å². The van der Waals surface area contributed by atoms with E-state index in [4.69, 9.17) is 9.47 Å². The van der Waals surface area contributed by atoms with Crippen molar-refractivity contribution in [1.82, 2.24) is 9.88 Å². The largest absolute Gasteiger partial charge is 0.469 e. The highest BCUT2D eigenvalue weighted by atomic mass is 32.1. The molecule has 1 aliphatic heterocycles. The Balaban J connectivity index is 2.10. The highest BCUT2D eigenvalue weighted by molar-refractivity contribution is 7.11. The number of rotatable bonds is 5. The Bertz CT molecular complexity index is 610. The molecule has 2 atom stereocenters. The Morgan fingerprint density at radius 1 is 1.36 bits per heavy atom. The number of ether oxygens (including phenoxy) is 3. The van der Waals surface area contributed by atoms with Crippen molar-refractivity contribution in [2.75, 3.05) is 20.8 Å². The lowest BCUT2D eigenvalue weighted by Gasteiger charge is -2.27. The number of aromatic nitrogens is 1. The predicted molar refractivity (Wildman–Crippen MR) is 93.5 cm³/mol. The smallest absolute Gasteiger partial charge is 0.410 e. The van der Waals surface area contributed by atoms with E-state index in [1.807, 2.05) is 20.8 Å². The quantitative estimate of drug-likeness (QED) is 0.742. The number of hydrogen-bond donors (Lipinski definition) is 0. The highest BCUT2D eigenvalue weighted by Crippen LogP contribution is 2.36. The normalized spacial score (nSPS) is 20.6. The first-order valence-corrected chi connectivity index (χ1v) is 9.09. The van der Waals surface area contributed by atoms with Crippen LogP contribution in [0.3, 0.4) is 0 Å². The van der Waals surface area contributed by atoms with E-state index in [-0.39, 0.29) is 24.2 Å². The first kappa shape index (κ1) is 19.7. The van der Waals surface area contributed by atoms with Gasteiger partial charge in [0.05, 0.1) is 32.2 Å². The second-order valence-corrected chi connectivity index (χ2v) is 8.13. The van der Waals surface area contributed by atoms with Crippen LogP contribution in [0.1, 0.15) is 49.5 Å². The van der Waals surface area contributed by atoms with E-state index in [2.05, 4.69) is 9.72 Å². The molecule has 1 aromatic heterocycles. The molecule has 2 heterocycles. The van der Waals surface area contributed by atoms with Gasteiger partial charge < -0.3 is 14.2 Å². The van der Waals surface area contributed by atoms with Gasteiger partial charge in [0.1, 0.15) is 10.6 Å². The summed E-state index contributed by atoms with van der Waals surface area (Å²) in [6.07, 6.45) is 2.94. The average Bonchev–Trinajstić information content (AvgIpc) is 3.17. The predicted octanol–water partition coefficient (Wildman–Crippen LogP) is 2.95. The Labute approximate surface area is 152 Å².